The summed E-state index contributed by atoms with van der Waals surface area (Å²) in [6.45, 7) is 3.87. The second kappa shape index (κ2) is 7.70. The van der Waals surface area contributed by atoms with Gasteiger partial charge in [-0.3, -0.25) is 0 Å². The van der Waals surface area contributed by atoms with Crippen LogP contribution in [0.4, 0.5) is 5.82 Å². The molecule has 0 amide bonds. The molecule has 2 aliphatic heterocycles. The van der Waals surface area contributed by atoms with Crippen molar-refractivity contribution in [3.05, 3.63) is 36.3 Å². The third kappa shape index (κ3) is 3.72. The van der Waals surface area contributed by atoms with Crippen LogP contribution in [0.1, 0.15) is 31.4 Å². The SMILES string of the molecule is Cc1cc(N(C2CC2)C2CCN(S(=O)(=O)c3ccc4c(c3)OCCO4)CC2)ncn1. The van der Waals surface area contributed by atoms with Crippen LogP contribution in [0.25, 0.3) is 0 Å². The Hall–Kier alpha value is -2.39. The van der Waals surface area contributed by atoms with E-state index >= 15 is 0 Å². The largest absolute Gasteiger partial charge is 0.486 e. The number of aromatic nitrogens is 2. The van der Waals surface area contributed by atoms with Crippen LogP contribution in [0, 0.1) is 6.92 Å². The number of benzene rings is 1. The fourth-order valence-corrected chi connectivity index (χ4v) is 5.79. The predicted molar refractivity (Wildman–Crippen MR) is 111 cm³/mol. The van der Waals surface area contributed by atoms with E-state index in [2.05, 4.69) is 14.9 Å². The number of ether oxygens (including phenoxy) is 2. The van der Waals surface area contributed by atoms with E-state index in [0.717, 1.165) is 24.4 Å². The maximum Gasteiger partial charge on any atom is 0.243 e. The second-order valence-electron chi connectivity index (χ2n) is 8.10. The highest BCUT2D eigenvalue weighted by molar-refractivity contribution is 7.89. The van der Waals surface area contributed by atoms with Gasteiger partial charge in [0.15, 0.2) is 11.5 Å². The molecule has 0 bridgehead atoms. The maximum absolute atomic E-state index is 13.2. The molecule has 1 saturated heterocycles. The van der Waals surface area contributed by atoms with Crippen LogP contribution >= 0.6 is 0 Å². The van der Waals surface area contributed by atoms with E-state index in [-0.39, 0.29) is 4.90 Å². The zero-order valence-corrected chi connectivity index (χ0v) is 17.8. The Kier molecular flexibility index (Phi) is 5.02. The van der Waals surface area contributed by atoms with Gasteiger partial charge < -0.3 is 14.4 Å². The van der Waals surface area contributed by atoms with Crippen molar-refractivity contribution in [2.45, 2.75) is 49.6 Å². The zero-order valence-electron chi connectivity index (χ0n) is 17.0. The third-order valence-electron chi connectivity index (χ3n) is 5.96. The lowest BCUT2D eigenvalue weighted by molar-refractivity contribution is 0.171. The Morgan fingerprint density at radius 2 is 1.67 bits per heavy atom. The van der Waals surface area contributed by atoms with Gasteiger partial charge in [0.25, 0.3) is 0 Å². The molecule has 2 aromatic rings. The Morgan fingerprint density at radius 3 is 2.37 bits per heavy atom. The number of anilines is 1. The number of sulfonamides is 1. The fourth-order valence-electron chi connectivity index (χ4n) is 4.30. The van der Waals surface area contributed by atoms with Crippen LogP contribution in [0.2, 0.25) is 0 Å². The molecule has 160 valence electrons. The normalized spacial score (nSPS) is 20.2. The van der Waals surface area contributed by atoms with Gasteiger partial charge in [-0.05, 0) is 44.7 Å². The van der Waals surface area contributed by atoms with E-state index in [1.54, 1.807) is 28.8 Å². The number of rotatable bonds is 5. The maximum atomic E-state index is 13.2. The molecular formula is C21H26N4O4S. The van der Waals surface area contributed by atoms with Crippen molar-refractivity contribution in [3.8, 4) is 11.5 Å². The number of piperidine rings is 1. The summed E-state index contributed by atoms with van der Waals surface area (Å²) in [6, 6.07) is 7.69. The van der Waals surface area contributed by atoms with E-state index in [0.29, 0.717) is 49.9 Å². The van der Waals surface area contributed by atoms with Crippen molar-refractivity contribution in [3.63, 3.8) is 0 Å². The number of hydrogen-bond acceptors (Lipinski definition) is 7. The van der Waals surface area contributed by atoms with Gasteiger partial charge in [-0.25, -0.2) is 18.4 Å². The smallest absolute Gasteiger partial charge is 0.243 e. The molecule has 3 aliphatic rings. The molecule has 9 heteroatoms. The molecule has 3 heterocycles. The van der Waals surface area contributed by atoms with Gasteiger partial charge in [-0.1, -0.05) is 0 Å². The minimum absolute atomic E-state index is 0.260. The van der Waals surface area contributed by atoms with Gasteiger partial charge in [0.05, 0.1) is 4.90 Å². The molecule has 8 nitrogen and oxygen atoms in total. The van der Waals surface area contributed by atoms with Crippen LogP contribution in [-0.2, 0) is 10.0 Å². The quantitative estimate of drug-likeness (QED) is 0.720. The Morgan fingerprint density at radius 1 is 0.967 bits per heavy atom. The van der Waals surface area contributed by atoms with E-state index in [4.69, 9.17) is 9.47 Å². The predicted octanol–water partition coefficient (Wildman–Crippen LogP) is 2.38. The Bertz CT molecular complexity index is 1030. The first kappa shape index (κ1) is 19.6. The lowest BCUT2D eigenvalue weighted by atomic mass is 10.0. The Balaban J connectivity index is 1.31. The minimum Gasteiger partial charge on any atom is -0.486 e. The summed E-state index contributed by atoms with van der Waals surface area (Å²) in [5.41, 5.74) is 0.948. The van der Waals surface area contributed by atoms with Gasteiger partial charge in [0.1, 0.15) is 25.4 Å². The first-order chi connectivity index (χ1) is 14.5. The third-order valence-corrected chi connectivity index (χ3v) is 7.86. The van der Waals surface area contributed by atoms with Crippen LogP contribution in [0.5, 0.6) is 11.5 Å². The zero-order chi connectivity index (χ0) is 20.7. The summed E-state index contributed by atoms with van der Waals surface area (Å²) >= 11 is 0. The van der Waals surface area contributed by atoms with Crippen LogP contribution in [0.15, 0.2) is 35.5 Å². The summed E-state index contributed by atoms with van der Waals surface area (Å²) in [4.78, 5) is 11.4. The minimum atomic E-state index is -3.57. The average molecular weight is 431 g/mol. The summed E-state index contributed by atoms with van der Waals surface area (Å²) in [6.07, 6.45) is 5.51. The van der Waals surface area contributed by atoms with Crippen molar-refractivity contribution >= 4 is 15.8 Å². The van der Waals surface area contributed by atoms with E-state index in [1.807, 2.05) is 13.0 Å². The van der Waals surface area contributed by atoms with Gasteiger partial charge in [0, 0.05) is 43.0 Å². The van der Waals surface area contributed by atoms with Crippen molar-refractivity contribution in [2.75, 3.05) is 31.2 Å². The molecule has 0 N–H and O–H groups in total. The van der Waals surface area contributed by atoms with Gasteiger partial charge in [-0.2, -0.15) is 4.31 Å². The molecule has 1 aliphatic carbocycles. The highest BCUT2D eigenvalue weighted by atomic mass is 32.2. The molecule has 1 saturated carbocycles. The fraction of sp³-hybridized carbons (Fsp3) is 0.524. The number of aryl methyl sites for hydroxylation is 1. The molecule has 2 fully saturated rings. The highest BCUT2D eigenvalue weighted by Gasteiger charge is 2.38. The van der Waals surface area contributed by atoms with Crippen molar-refractivity contribution in [1.82, 2.24) is 14.3 Å². The lowest BCUT2D eigenvalue weighted by Crippen LogP contribution is -2.48. The van der Waals surface area contributed by atoms with Crippen molar-refractivity contribution < 1.29 is 17.9 Å². The second-order valence-corrected chi connectivity index (χ2v) is 10.0. The summed E-state index contributed by atoms with van der Waals surface area (Å²) in [5.74, 6) is 2.05. The number of nitrogens with zero attached hydrogens (tertiary/aromatic N) is 4. The summed E-state index contributed by atoms with van der Waals surface area (Å²) in [5, 5.41) is 0. The van der Waals surface area contributed by atoms with Crippen LogP contribution in [-0.4, -0.2) is 61.1 Å². The number of fused-ring (bicyclic) bond motifs is 1. The van der Waals surface area contributed by atoms with E-state index < -0.39 is 10.0 Å². The standard InChI is InChI=1S/C21H26N4O4S/c1-15-12-21(23-14-22-15)25(16-2-3-16)17-6-8-24(9-7-17)30(26,27)18-4-5-19-20(13-18)29-11-10-28-19/h4-5,12-14,16-17H,2-3,6-11H2,1H3. The first-order valence-electron chi connectivity index (χ1n) is 10.5. The molecule has 0 unspecified atom stereocenters. The van der Waals surface area contributed by atoms with E-state index in [1.165, 1.54) is 12.8 Å². The topological polar surface area (TPSA) is 84.9 Å². The van der Waals surface area contributed by atoms with Gasteiger partial charge >= 0.3 is 0 Å². The molecule has 1 aromatic carbocycles. The van der Waals surface area contributed by atoms with Gasteiger partial charge in [-0.15, -0.1) is 0 Å². The van der Waals surface area contributed by atoms with Crippen LogP contribution < -0.4 is 14.4 Å². The molecule has 0 radical (unpaired) electrons. The Labute approximate surface area is 176 Å². The molecular weight excluding hydrogens is 404 g/mol. The summed E-state index contributed by atoms with van der Waals surface area (Å²) in [7, 11) is -3.57. The number of hydrogen-bond donors (Lipinski definition) is 0. The van der Waals surface area contributed by atoms with Crippen molar-refractivity contribution in [2.24, 2.45) is 0 Å². The highest BCUT2D eigenvalue weighted by Crippen LogP contribution is 2.37. The molecule has 5 rings (SSSR count). The first-order valence-corrected chi connectivity index (χ1v) is 11.9. The summed E-state index contributed by atoms with van der Waals surface area (Å²) < 4.78 is 39.1. The lowest BCUT2D eigenvalue weighted by Gasteiger charge is -2.39. The molecule has 0 spiro atoms. The molecule has 1 aromatic heterocycles. The van der Waals surface area contributed by atoms with Crippen molar-refractivity contribution in [1.29, 1.82) is 0 Å². The molecule has 30 heavy (non-hydrogen) atoms. The molecule has 0 atom stereocenters. The average Bonchev–Trinajstić information content (AvgIpc) is 3.59. The van der Waals surface area contributed by atoms with E-state index in [9.17, 15) is 8.42 Å². The van der Waals surface area contributed by atoms with Gasteiger partial charge in [0.2, 0.25) is 10.0 Å². The monoisotopic (exact) mass is 430 g/mol. The van der Waals surface area contributed by atoms with Crippen LogP contribution in [0.3, 0.4) is 0 Å².